The second-order valence-electron chi connectivity index (χ2n) is 5.92. The van der Waals surface area contributed by atoms with Crippen LogP contribution in [0.1, 0.15) is 0 Å². The number of ether oxygens (including phenoxy) is 2. The molecule has 27 heavy (non-hydrogen) atoms. The summed E-state index contributed by atoms with van der Waals surface area (Å²) in [6, 6.07) is 24.3. The van der Waals surface area contributed by atoms with Gasteiger partial charge >= 0.3 is 0 Å². The highest BCUT2D eigenvalue weighted by molar-refractivity contribution is 5.68. The first-order chi connectivity index (χ1) is 13.2. The third-order valence-electron chi connectivity index (χ3n) is 4.15. The third kappa shape index (κ3) is 3.48. The predicted octanol–water partition coefficient (Wildman–Crippen LogP) is 5.05. The van der Waals surface area contributed by atoms with E-state index in [0.29, 0.717) is 17.2 Å². The quantitative estimate of drug-likeness (QED) is 0.543. The number of phenols is 1. The first-order valence-corrected chi connectivity index (χ1v) is 8.50. The smallest absolute Gasteiger partial charge is 0.173 e. The fourth-order valence-corrected chi connectivity index (χ4v) is 2.76. The molecule has 0 amide bonds. The number of phenolic OH excluding ortho intramolecular Hbond substituents is 1. The van der Waals surface area contributed by atoms with E-state index in [1.54, 1.807) is 36.2 Å². The van der Waals surface area contributed by atoms with Gasteiger partial charge in [0.15, 0.2) is 17.2 Å². The second kappa shape index (κ2) is 7.25. The van der Waals surface area contributed by atoms with Crippen LogP contribution in [0.2, 0.25) is 0 Å². The topological polar surface area (TPSA) is 56.5 Å². The van der Waals surface area contributed by atoms with E-state index in [4.69, 9.17) is 14.6 Å². The first kappa shape index (κ1) is 16.7. The van der Waals surface area contributed by atoms with Gasteiger partial charge in [0, 0.05) is 5.56 Å². The molecule has 1 aromatic heterocycles. The Morgan fingerprint density at radius 3 is 2.22 bits per heavy atom. The van der Waals surface area contributed by atoms with Gasteiger partial charge in [-0.25, -0.2) is 4.68 Å². The van der Waals surface area contributed by atoms with E-state index in [2.05, 4.69) is 0 Å². The number of para-hydroxylation sites is 3. The van der Waals surface area contributed by atoms with Gasteiger partial charge in [-0.2, -0.15) is 5.10 Å². The Kier molecular flexibility index (Phi) is 4.49. The molecule has 0 spiro atoms. The highest BCUT2D eigenvalue weighted by Crippen LogP contribution is 2.37. The number of nitrogens with zero attached hydrogens (tertiary/aromatic N) is 2. The van der Waals surface area contributed by atoms with Crippen molar-refractivity contribution in [3.8, 4) is 39.9 Å². The van der Waals surface area contributed by atoms with Gasteiger partial charge in [0.1, 0.15) is 11.4 Å². The van der Waals surface area contributed by atoms with Gasteiger partial charge in [-0.05, 0) is 48.5 Å². The van der Waals surface area contributed by atoms with Crippen molar-refractivity contribution in [1.82, 2.24) is 9.78 Å². The summed E-state index contributed by atoms with van der Waals surface area (Å²) in [4.78, 5) is 0. The molecule has 3 aromatic carbocycles. The van der Waals surface area contributed by atoms with E-state index >= 15 is 0 Å². The summed E-state index contributed by atoms with van der Waals surface area (Å²) in [6.45, 7) is 0. The summed E-state index contributed by atoms with van der Waals surface area (Å²) in [5.41, 5.74) is 2.47. The molecule has 0 aliphatic carbocycles. The Hall–Kier alpha value is -3.73. The predicted molar refractivity (Wildman–Crippen MR) is 104 cm³/mol. The number of benzene rings is 3. The summed E-state index contributed by atoms with van der Waals surface area (Å²) in [7, 11) is 1.63. The number of aromatic nitrogens is 2. The number of rotatable bonds is 5. The molecule has 0 bridgehead atoms. The lowest BCUT2D eigenvalue weighted by Gasteiger charge is -2.07. The summed E-state index contributed by atoms with van der Waals surface area (Å²) >= 11 is 0. The van der Waals surface area contributed by atoms with E-state index in [0.717, 1.165) is 17.0 Å². The van der Waals surface area contributed by atoms with Crippen molar-refractivity contribution >= 4 is 0 Å². The van der Waals surface area contributed by atoms with Crippen LogP contribution in [0.15, 0.2) is 85.1 Å². The molecule has 4 aromatic rings. The highest BCUT2D eigenvalue weighted by Gasteiger charge is 2.16. The Bertz CT molecular complexity index is 1040. The molecule has 5 nitrogen and oxygen atoms in total. The SMILES string of the molecule is COc1ccc(-c2nn(-c3ccccc3)cc2Oc2ccccc2O)cc1. The van der Waals surface area contributed by atoms with Crippen LogP contribution in [0.25, 0.3) is 16.9 Å². The van der Waals surface area contributed by atoms with Gasteiger partial charge in [-0.15, -0.1) is 0 Å². The Morgan fingerprint density at radius 1 is 0.815 bits per heavy atom. The minimum Gasteiger partial charge on any atom is -0.504 e. The Labute approximate surface area is 157 Å². The molecule has 134 valence electrons. The number of aromatic hydroxyl groups is 1. The zero-order chi connectivity index (χ0) is 18.6. The first-order valence-electron chi connectivity index (χ1n) is 8.50. The lowest BCUT2D eigenvalue weighted by molar-refractivity contribution is 0.412. The molecule has 0 aliphatic rings. The molecule has 0 saturated carbocycles. The van der Waals surface area contributed by atoms with Crippen LogP contribution in [0, 0.1) is 0 Å². The molecule has 0 aliphatic heterocycles. The normalized spacial score (nSPS) is 10.6. The fraction of sp³-hybridized carbons (Fsp3) is 0.0455. The molecule has 1 N–H and O–H groups in total. The van der Waals surface area contributed by atoms with Crippen molar-refractivity contribution in [2.24, 2.45) is 0 Å². The molecule has 1 heterocycles. The molecule has 0 radical (unpaired) electrons. The van der Waals surface area contributed by atoms with Crippen molar-refractivity contribution < 1.29 is 14.6 Å². The van der Waals surface area contributed by atoms with E-state index in [-0.39, 0.29) is 5.75 Å². The van der Waals surface area contributed by atoms with Crippen LogP contribution in [-0.2, 0) is 0 Å². The molecular weight excluding hydrogens is 340 g/mol. The van der Waals surface area contributed by atoms with Gasteiger partial charge in [0.25, 0.3) is 0 Å². The van der Waals surface area contributed by atoms with Crippen LogP contribution in [-0.4, -0.2) is 22.0 Å². The number of methoxy groups -OCH3 is 1. The zero-order valence-electron chi connectivity index (χ0n) is 14.7. The summed E-state index contributed by atoms with van der Waals surface area (Å²) in [5.74, 6) is 1.76. The van der Waals surface area contributed by atoms with Crippen LogP contribution in [0.3, 0.4) is 0 Å². The molecule has 0 fully saturated rings. The lowest BCUT2D eigenvalue weighted by Crippen LogP contribution is -1.94. The molecule has 4 rings (SSSR count). The van der Waals surface area contributed by atoms with Crippen LogP contribution < -0.4 is 9.47 Å². The standard InChI is InChI=1S/C22H18N2O3/c1-26-18-13-11-16(12-14-18)22-21(27-20-10-6-5-9-19(20)25)15-24(23-22)17-7-3-2-4-8-17/h2-15,25H,1H3. The molecule has 0 atom stereocenters. The maximum Gasteiger partial charge on any atom is 0.173 e. The van der Waals surface area contributed by atoms with Gasteiger partial charge < -0.3 is 14.6 Å². The number of hydrogen-bond acceptors (Lipinski definition) is 4. The van der Waals surface area contributed by atoms with Crippen LogP contribution in [0.5, 0.6) is 23.0 Å². The minimum atomic E-state index is 0.0747. The van der Waals surface area contributed by atoms with E-state index in [9.17, 15) is 5.11 Å². The molecule has 5 heteroatoms. The maximum atomic E-state index is 10.1. The number of hydrogen-bond donors (Lipinski definition) is 1. The van der Waals surface area contributed by atoms with Gasteiger partial charge in [0.05, 0.1) is 19.0 Å². The van der Waals surface area contributed by atoms with Crippen molar-refractivity contribution in [2.75, 3.05) is 7.11 Å². The average molecular weight is 358 g/mol. The van der Waals surface area contributed by atoms with Crippen LogP contribution in [0.4, 0.5) is 0 Å². The van der Waals surface area contributed by atoms with Crippen molar-refractivity contribution in [2.45, 2.75) is 0 Å². The monoisotopic (exact) mass is 358 g/mol. The molecular formula is C22H18N2O3. The molecule has 0 unspecified atom stereocenters. The maximum absolute atomic E-state index is 10.1. The zero-order valence-corrected chi connectivity index (χ0v) is 14.7. The summed E-state index contributed by atoms with van der Waals surface area (Å²) < 4.78 is 13.0. The van der Waals surface area contributed by atoms with Crippen molar-refractivity contribution in [3.63, 3.8) is 0 Å². The second-order valence-corrected chi connectivity index (χ2v) is 5.92. The Balaban J connectivity index is 1.79. The van der Waals surface area contributed by atoms with Crippen molar-refractivity contribution in [1.29, 1.82) is 0 Å². The van der Waals surface area contributed by atoms with Gasteiger partial charge in [-0.3, -0.25) is 0 Å². The van der Waals surface area contributed by atoms with E-state index < -0.39 is 0 Å². The average Bonchev–Trinajstić information content (AvgIpc) is 3.14. The third-order valence-corrected chi connectivity index (χ3v) is 4.15. The largest absolute Gasteiger partial charge is 0.504 e. The van der Waals surface area contributed by atoms with Crippen LogP contribution >= 0.6 is 0 Å². The van der Waals surface area contributed by atoms with E-state index in [1.165, 1.54) is 0 Å². The lowest BCUT2D eigenvalue weighted by atomic mass is 10.1. The summed E-state index contributed by atoms with van der Waals surface area (Å²) in [6.07, 6.45) is 1.81. The van der Waals surface area contributed by atoms with Crippen molar-refractivity contribution in [3.05, 3.63) is 85.1 Å². The highest BCUT2D eigenvalue weighted by atomic mass is 16.5. The minimum absolute atomic E-state index is 0.0747. The summed E-state index contributed by atoms with van der Waals surface area (Å²) in [5, 5.41) is 14.8. The fourth-order valence-electron chi connectivity index (χ4n) is 2.76. The van der Waals surface area contributed by atoms with Gasteiger partial charge in [0.2, 0.25) is 0 Å². The van der Waals surface area contributed by atoms with Gasteiger partial charge in [-0.1, -0.05) is 30.3 Å². The molecule has 0 saturated heterocycles. The Morgan fingerprint density at radius 2 is 1.52 bits per heavy atom. The van der Waals surface area contributed by atoms with E-state index in [1.807, 2.05) is 60.7 Å².